The summed E-state index contributed by atoms with van der Waals surface area (Å²) in [7, 11) is 0. The van der Waals surface area contributed by atoms with E-state index in [0.717, 1.165) is 66.1 Å². The molecule has 0 N–H and O–H groups in total. The lowest BCUT2D eigenvalue weighted by molar-refractivity contribution is 0.766. The van der Waals surface area contributed by atoms with Gasteiger partial charge in [0.2, 0.25) is 0 Å². The van der Waals surface area contributed by atoms with Gasteiger partial charge < -0.3 is 0 Å². The second kappa shape index (κ2) is 11.1. The molecule has 7 aromatic carbocycles. The highest BCUT2D eigenvalue weighted by molar-refractivity contribution is 6.18. The van der Waals surface area contributed by atoms with E-state index in [1.54, 1.807) is 4.80 Å². The van der Waals surface area contributed by atoms with Crippen molar-refractivity contribution in [3.8, 4) is 51.0 Å². The van der Waals surface area contributed by atoms with Gasteiger partial charge in [-0.25, -0.2) is 15.0 Å². The summed E-state index contributed by atoms with van der Waals surface area (Å²) in [6.45, 7) is 0. The zero-order valence-electron chi connectivity index (χ0n) is 25.2. The van der Waals surface area contributed by atoms with E-state index in [1.807, 2.05) is 97.1 Å². The van der Waals surface area contributed by atoms with Gasteiger partial charge in [0.25, 0.3) is 0 Å². The molecule has 0 unspecified atom stereocenters. The number of hydrogen-bond acceptors (Lipinski definition) is 5. The highest BCUT2D eigenvalue weighted by atomic mass is 15.5. The molecule has 2 heterocycles. The Hall–Kier alpha value is -6.53. The van der Waals surface area contributed by atoms with Gasteiger partial charge in [-0.15, -0.1) is 10.2 Å². The lowest BCUT2D eigenvalue weighted by Crippen LogP contribution is -2.00. The fourth-order valence-corrected chi connectivity index (χ4v) is 6.15. The zero-order valence-corrected chi connectivity index (χ0v) is 25.2. The third-order valence-corrected chi connectivity index (χ3v) is 8.49. The van der Waals surface area contributed by atoms with Crippen LogP contribution in [0.15, 0.2) is 158 Å². The monoisotopic (exact) mass is 602 g/mol. The van der Waals surface area contributed by atoms with Crippen molar-refractivity contribution >= 4 is 32.6 Å². The van der Waals surface area contributed by atoms with Gasteiger partial charge in [-0.1, -0.05) is 127 Å². The minimum atomic E-state index is 0.630. The fourth-order valence-electron chi connectivity index (χ4n) is 6.15. The van der Waals surface area contributed by atoms with Crippen LogP contribution >= 0.6 is 0 Å². The molecule has 47 heavy (non-hydrogen) atoms. The largest absolute Gasteiger partial charge is 0.208 e. The van der Waals surface area contributed by atoms with E-state index >= 15 is 0 Å². The van der Waals surface area contributed by atoms with Crippen LogP contribution in [0.2, 0.25) is 0 Å². The molecule has 0 aliphatic carbocycles. The average Bonchev–Trinajstić information content (AvgIpc) is 3.60. The molecular formula is C41H26N6. The second-order valence-electron chi connectivity index (χ2n) is 11.5. The molecule has 9 aromatic rings. The van der Waals surface area contributed by atoms with Gasteiger partial charge >= 0.3 is 0 Å². The molecule has 0 fully saturated rings. The fraction of sp³-hybridized carbons (Fsp3) is 0. The maximum Gasteiger partial charge on any atom is 0.164 e. The lowest BCUT2D eigenvalue weighted by atomic mass is 9.95. The highest BCUT2D eigenvalue weighted by Gasteiger charge is 2.15. The van der Waals surface area contributed by atoms with Crippen molar-refractivity contribution in [2.75, 3.05) is 0 Å². The van der Waals surface area contributed by atoms with Crippen LogP contribution in [-0.4, -0.2) is 29.9 Å². The van der Waals surface area contributed by atoms with Crippen molar-refractivity contribution in [1.29, 1.82) is 0 Å². The van der Waals surface area contributed by atoms with E-state index in [-0.39, 0.29) is 0 Å². The molecule has 0 spiro atoms. The summed E-state index contributed by atoms with van der Waals surface area (Å²) < 4.78 is 0. The van der Waals surface area contributed by atoms with Crippen LogP contribution in [0, 0.1) is 0 Å². The van der Waals surface area contributed by atoms with Crippen LogP contribution in [0.1, 0.15) is 0 Å². The minimum absolute atomic E-state index is 0.630. The Balaban J connectivity index is 1.19. The Morgan fingerprint density at radius 1 is 0.383 bits per heavy atom. The van der Waals surface area contributed by atoms with Crippen molar-refractivity contribution in [1.82, 2.24) is 29.9 Å². The molecule has 0 saturated heterocycles. The topological polar surface area (TPSA) is 69.4 Å². The summed E-state index contributed by atoms with van der Waals surface area (Å²) in [6.07, 6.45) is 0. The summed E-state index contributed by atoms with van der Waals surface area (Å²) in [5, 5.41) is 14.3. The number of benzene rings is 7. The third-order valence-electron chi connectivity index (χ3n) is 8.49. The van der Waals surface area contributed by atoms with Crippen molar-refractivity contribution < 1.29 is 0 Å². The zero-order chi connectivity index (χ0) is 31.2. The van der Waals surface area contributed by atoms with Crippen LogP contribution in [0.25, 0.3) is 83.6 Å². The molecule has 0 radical (unpaired) electrons. The van der Waals surface area contributed by atoms with E-state index in [0.29, 0.717) is 17.5 Å². The van der Waals surface area contributed by atoms with Crippen molar-refractivity contribution in [3.05, 3.63) is 158 Å². The van der Waals surface area contributed by atoms with Crippen molar-refractivity contribution in [2.45, 2.75) is 0 Å². The minimum Gasteiger partial charge on any atom is -0.208 e. The molecule has 0 aliphatic heterocycles. The Labute approximate surface area is 270 Å². The van der Waals surface area contributed by atoms with E-state index < -0.39 is 0 Å². The third kappa shape index (κ3) is 4.89. The molecule has 6 heteroatoms. The Kier molecular flexibility index (Phi) is 6.35. The van der Waals surface area contributed by atoms with E-state index in [2.05, 4.69) is 60.7 Å². The Morgan fingerprint density at radius 3 is 1.62 bits per heavy atom. The number of para-hydroxylation sites is 1. The molecule has 0 bridgehead atoms. The first-order valence-corrected chi connectivity index (χ1v) is 15.5. The molecule has 0 atom stereocenters. The normalized spacial score (nSPS) is 11.4. The molecule has 0 aliphatic rings. The average molecular weight is 603 g/mol. The predicted molar refractivity (Wildman–Crippen MR) is 189 cm³/mol. The molecule has 0 saturated carbocycles. The molecule has 6 nitrogen and oxygen atoms in total. The van der Waals surface area contributed by atoms with Gasteiger partial charge in [0, 0.05) is 22.1 Å². The van der Waals surface area contributed by atoms with Crippen LogP contribution in [0.3, 0.4) is 0 Å². The summed E-state index contributed by atoms with van der Waals surface area (Å²) in [5.41, 5.74) is 7.66. The number of aromatic nitrogens is 6. The van der Waals surface area contributed by atoms with E-state index in [4.69, 9.17) is 25.1 Å². The van der Waals surface area contributed by atoms with Gasteiger partial charge in [0.15, 0.2) is 17.5 Å². The smallest absolute Gasteiger partial charge is 0.164 e. The number of rotatable bonds is 5. The van der Waals surface area contributed by atoms with Gasteiger partial charge in [-0.3, -0.25) is 0 Å². The van der Waals surface area contributed by atoms with Crippen molar-refractivity contribution in [2.24, 2.45) is 0 Å². The lowest BCUT2D eigenvalue weighted by Gasteiger charge is -2.11. The van der Waals surface area contributed by atoms with Crippen LogP contribution in [0.5, 0.6) is 0 Å². The first-order valence-electron chi connectivity index (χ1n) is 15.5. The quantitative estimate of drug-likeness (QED) is 0.184. The van der Waals surface area contributed by atoms with Gasteiger partial charge in [0.05, 0.1) is 5.69 Å². The molecule has 0 amide bonds. The molecule has 220 valence electrons. The van der Waals surface area contributed by atoms with Crippen LogP contribution in [0.4, 0.5) is 0 Å². The standard InChI is InChI=1S/C41H26N6/c1-4-11-29(12-5-1)39-42-40(30-13-6-2-7-14-30)44-41(43-39)33-16-10-15-31(25-33)32-22-20-27-19-21-28-23-24-36-38(37(28)35(27)26-32)46-47(45-36)34-17-8-3-9-18-34/h1-26H. The van der Waals surface area contributed by atoms with Crippen molar-refractivity contribution in [3.63, 3.8) is 0 Å². The molecular weight excluding hydrogens is 576 g/mol. The van der Waals surface area contributed by atoms with E-state index in [9.17, 15) is 0 Å². The van der Waals surface area contributed by atoms with Crippen LogP contribution < -0.4 is 0 Å². The molecule has 2 aromatic heterocycles. The molecule has 9 rings (SSSR count). The summed E-state index contributed by atoms with van der Waals surface area (Å²) >= 11 is 0. The summed E-state index contributed by atoms with van der Waals surface area (Å²) in [6, 6.07) is 53.7. The predicted octanol–water partition coefficient (Wildman–Crippen LogP) is 9.58. The summed E-state index contributed by atoms with van der Waals surface area (Å²) in [4.78, 5) is 16.5. The number of hydrogen-bond donors (Lipinski definition) is 0. The van der Waals surface area contributed by atoms with Gasteiger partial charge in [-0.05, 0) is 57.6 Å². The number of fused-ring (bicyclic) bond motifs is 5. The second-order valence-corrected chi connectivity index (χ2v) is 11.5. The van der Waals surface area contributed by atoms with Gasteiger partial charge in [0.1, 0.15) is 11.0 Å². The Morgan fingerprint density at radius 2 is 0.915 bits per heavy atom. The van der Waals surface area contributed by atoms with E-state index in [1.165, 1.54) is 0 Å². The maximum absolute atomic E-state index is 4.97. The Bertz CT molecular complexity index is 2500. The van der Waals surface area contributed by atoms with Gasteiger partial charge in [-0.2, -0.15) is 4.80 Å². The first kappa shape index (κ1) is 26.8. The maximum atomic E-state index is 4.97. The SMILES string of the molecule is c1ccc(-c2nc(-c3ccccc3)nc(-c3cccc(-c4ccc5ccc6ccc7nn(-c8ccccc8)nc7c6c5c4)c3)n2)cc1. The first-order chi connectivity index (χ1) is 23.3. The van der Waals surface area contributed by atoms with Crippen LogP contribution in [-0.2, 0) is 0 Å². The number of nitrogens with zero attached hydrogens (tertiary/aromatic N) is 6. The highest BCUT2D eigenvalue weighted by Crippen LogP contribution is 2.35. The summed E-state index contributed by atoms with van der Waals surface area (Å²) in [5.74, 6) is 1.92.